The van der Waals surface area contributed by atoms with E-state index < -0.39 is 0 Å². The van der Waals surface area contributed by atoms with Crippen LogP contribution in [0.3, 0.4) is 0 Å². The molecule has 0 aromatic heterocycles. The van der Waals surface area contributed by atoms with E-state index in [1.165, 1.54) is 0 Å². The molecular formula is C19H20BrN3O2S. The van der Waals surface area contributed by atoms with Crippen molar-refractivity contribution in [3.8, 4) is 0 Å². The molecule has 0 saturated carbocycles. The van der Waals surface area contributed by atoms with E-state index in [1.807, 2.05) is 30.3 Å². The predicted octanol–water partition coefficient (Wildman–Crippen LogP) is 3.60. The number of thiocarbonyl (C=S) groups is 1. The first-order chi connectivity index (χ1) is 12.3. The van der Waals surface area contributed by atoms with Crippen molar-refractivity contribution in [2.75, 3.05) is 19.4 Å². The summed E-state index contributed by atoms with van der Waals surface area (Å²) in [5.74, 6) is -0.175. The zero-order valence-electron chi connectivity index (χ0n) is 14.6. The van der Waals surface area contributed by atoms with Crippen LogP contribution < -0.4 is 10.6 Å². The molecule has 0 bridgehead atoms. The van der Waals surface area contributed by atoms with E-state index in [2.05, 4.69) is 26.6 Å². The average molecular weight is 434 g/mol. The monoisotopic (exact) mass is 433 g/mol. The second kappa shape index (κ2) is 9.45. The van der Waals surface area contributed by atoms with Crippen LogP contribution in [0.1, 0.15) is 22.3 Å². The molecule has 0 aliphatic rings. The third-order valence-electron chi connectivity index (χ3n) is 3.65. The maximum atomic E-state index is 12.2. The van der Waals surface area contributed by atoms with Crippen molar-refractivity contribution in [1.82, 2.24) is 10.2 Å². The molecule has 0 fully saturated rings. The van der Waals surface area contributed by atoms with Crippen LogP contribution >= 0.6 is 28.1 Å². The van der Waals surface area contributed by atoms with Gasteiger partial charge in [0.05, 0.1) is 0 Å². The fraction of sp³-hybridized carbons (Fsp3) is 0.211. The van der Waals surface area contributed by atoms with Crippen molar-refractivity contribution in [2.24, 2.45) is 0 Å². The van der Waals surface area contributed by atoms with Gasteiger partial charge in [-0.1, -0.05) is 34.1 Å². The minimum Gasteiger partial charge on any atom is -0.349 e. The van der Waals surface area contributed by atoms with Gasteiger partial charge in [-0.05, 0) is 54.5 Å². The number of benzene rings is 2. The van der Waals surface area contributed by atoms with Gasteiger partial charge in [-0.25, -0.2) is 0 Å². The average Bonchev–Trinajstić information content (AvgIpc) is 2.60. The zero-order chi connectivity index (χ0) is 19.1. The molecule has 7 heteroatoms. The van der Waals surface area contributed by atoms with E-state index >= 15 is 0 Å². The fourth-order valence-electron chi connectivity index (χ4n) is 2.20. The standard InChI is InChI=1S/C19H20BrN3O2S/c1-23(2)17(24)11-8-13-6-9-16(10-7-13)21-19(26)22-18(25)14-4-3-5-15(20)12-14/h3-7,9-10,12H,8,11H2,1-2H3,(H2,21,22,25,26). The molecule has 0 atom stereocenters. The van der Waals surface area contributed by atoms with Crippen LogP contribution in [0.25, 0.3) is 0 Å². The first kappa shape index (κ1) is 20.1. The summed E-state index contributed by atoms with van der Waals surface area (Å²) in [6.45, 7) is 0. The maximum Gasteiger partial charge on any atom is 0.257 e. The van der Waals surface area contributed by atoms with Crippen LogP contribution in [0, 0.1) is 0 Å². The normalized spacial score (nSPS) is 10.1. The van der Waals surface area contributed by atoms with Crippen molar-refractivity contribution in [1.29, 1.82) is 0 Å². The molecule has 2 rings (SSSR count). The number of nitrogens with zero attached hydrogens (tertiary/aromatic N) is 1. The third kappa shape index (κ3) is 6.24. The van der Waals surface area contributed by atoms with Gasteiger partial charge in [0.2, 0.25) is 5.91 Å². The number of amides is 2. The van der Waals surface area contributed by atoms with Gasteiger partial charge in [0.1, 0.15) is 0 Å². The quantitative estimate of drug-likeness (QED) is 0.707. The molecule has 0 aliphatic heterocycles. The molecule has 0 saturated heterocycles. The smallest absolute Gasteiger partial charge is 0.257 e. The van der Waals surface area contributed by atoms with Crippen LogP contribution in [0.15, 0.2) is 53.0 Å². The second-order valence-electron chi connectivity index (χ2n) is 5.90. The number of carbonyl (C=O) groups is 2. The first-order valence-corrected chi connectivity index (χ1v) is 9.22. The highest BCUT2D eigenvalue weighted by molar-refractivity contribution is 9.10. The summed E-state index contributed by atoms with van der Waals surface area (Å²) in [5.41, 5.74) is 2.35. The summed E-state index contributed by atoms with van der Waals surface area (Å²) in [7, 11) is 3.50. The Morgan fingerprint density at radius 2 is 1.81 bits per heavy atom. The molecule has 2 aromatic carbocycles. The van der Waals surface area contributed by atoms with Crippen LogP contribution in [0.4, 0.5) is 5.69 Å². The van der Waals surface area contributed by atoms with Crippen LogP contribution in [0.2, 0.25) is 0 Å². The lowest BCUT2D eigenvalue weighted by Gasteiger charge is -2.11. The number of hydrogen-bond acceptors (Lipinski definition) is 3. The first-order valence-electron chi connectivity index (χ1n) is 8.02. The molecule has 26 heavy (non-hydrogen) atoms. The molecule has 2 N–H and O–H groups in total. The number of aryl methyl sites for hydroxylation is 1. The van der Waals surface area contributed by atoms with E-state index in [0.29, 0.717) is 18.4 Å². The Morgan fingerprint density at radius 1 is 1.12 bits per heavy atom. The minimum atomic E-state index is -0.275. The van der Waals surface area contributed by atoms with Crippen molar-refractivity contribution >= 4 is 50.8 Å². The van der Waals surface area contributed by atoms with E-state index in [0.717, 1.165) is 15.7 Å². The van der Waals surface area contributed by atoms with Gasteiger partial charge in [-0.2, -0.15) is 0 Å². The van der Waals surface area contributed by atoms with Crippen molar-refractivity contribution < 1.29 is 9.59 Å². The Kier molecular flexibility index (Phi) is 7.29. The zero-order valence-corrected chi connectivity index (χ0v) is 17.0. The number of hydrogen-bond donors (Lipinski definition) is 2. The Labute approximate surface area is 166 Å². The molecule has 136 valence electrons. The summed E-state index contributed by atoms with van der Waals surface area (Å²) in [4.78, 5) is 25.4. The number of halogens is 1. The lowest BCUT2D eigenvalue weighted by molar-refractivity contribution is -0.128. The summed E-state index contributed by atoms with van der Waals surface area (Å²) in [6, 6.07) is 14.7. The van der Waals surface area contributed by atoms with E-state index in [9.17, 15) is 9.59 Å². The molecular weight excluding hydrogens is 414 g/mol. The largest absolute Gasteiger partial charge is 0.349 e. The van der Waals surface area contributed by atoms with Gasteiger partial charge in [0.15, 0.2) is 5.11 Å². The predicted molar refractivity (Wildman–Crippen MR) is 111 cm³/mol. The van der Waals surface area contributed by atoms with Gasteiger partial charge < -0.3 is 10.2 Å². The van der Waals surface area contributed by atoms with E-state index in [4.69, 9.17) is 12.2 Å². The molecule has 0 aliphatic carbocycles. The van der Waals surface area contributed by atoms with Gasteiger partial charge in [0.25, 0.3) is 5.91 Å². The topological polar surface area (TPSA) is 61.4 Å². The molecule has 2 amide bonds. The van der Waals surface area contributed by atoms with Crippen LogP contribution in [-0.4, -0.2) is 35.9 Å². The van der Waals surface area contributed by atoms with E-state index in [1.54, 1.807) is 37.2 Å². The summed E-state index contributed by atoms with van der Waals surface area (Å²) < 4.78 is 0.826. The number of nitrogens with one attached hydrogen (secondary N) is 2. The Morgan fingerprint density at radius 3 is 2.42 bits per heavy atom. The molecule has 0 unspecified atom stereocenters. The highest BCUT2D eigenvalue weighted by Crippen LogP contribution is 2.13. The Balaban J connectivity index is 1.87. The minimum absolute atomic E-state index is 0.101. The summed E-state index contributed by atoms with van der Waals surface area (Å²) in [6.07, 6.45) is 1.16. The summed E-state index contributed by atoms with van der Waals surface area (Å²) >= 11 is 8.52. The van der Waals surface area contributed by atoms with Gasteiger partial charge >= 0.3 is 0 Å². The van der Waals surface area contributed by atoms with Gasteiger partial charge in [-0.15, -0.1) is 0 Å². The second-order valence-corrected chi connectivity index (χ2v) is 7.23. The Bertz CT molecular complexity index is 807. The molecule has 5 nitrogen and oxygen atoms in total. The molecule has 0 radical (unpaired) electrons. The summed E-state index contributed by atoms with van der Waals surface area (Å²) in [5, 5.41) is 5.86. The maximum absolute atomic E-state index is 12.2. The van der Waals surface area contributed by atoms with Crippen molar-refractivity contribution in [3.05, 3.63) is 64.1 Å². The lowest BCUT2D eigenvalue weighted by Crippen LogP contribution is -2.34. The van der Waals surface area contributed by atoms with Gasteiger partial charge in [-0.3, -0.25) is 14.9 Å². The highest BCUT2D eigenvalue weighted by Gasteiger charge is 2.09. The number of anilines is 1. The van der Waals surface area contributed by atoms with Crippen LogP contribution in [0.5, 0.6) is 0 Å². The highest BCUT2D eigenvalue weighted by atomic mass is 79.9. The third-order valence-corrected chi connectivity index (χ3v) is 4.35. The van der Waals surface area contributed by atoms with Crippen molar-refractivity contribution in [2.45, 2.75) is 12.8 Å². The lowest BCUT2D eigenvalue weighted by atomic mass is 10.1. The molecule has 2 aromatic rings. The van der Waals surface area contributed by atoms with Crippen LogP contribution in [-0.2, 0) is 11.2 Å². The SMILES string of the molecule is CN(C)C(=O)CCc1ccc(NC(=S)NC(=O)c2cccc(Br)c2)cc1. The number of carbonyl (C=O) groups excluding carboxylic acids is 2. The molecule has 0 heterocycles. The fourth-order valence-corrected chi connectivity index (χ4v) is 2.81. The van der Waals surface area contributed by atoms with Crippen molar-refractivity contribution in [3.63, 3.8) is 0 Å². The molecule has 0 spiro atoms. The van der Waals surface area contributed by atoms with Gasteiger partial charge in [0, 0.05) is 36.2 Å². The van der Waals surface area contributed by atoms with E-state index in [-0.39, 0.29) is 16.9 Å². The Hall–Kier alpha value is -2.25. The number of rotatable bonds is 5.